The number of hydrogen-bond donors (Lipinski definition) is 3. The lowest BCUT2D eigenvalue weighted by Crippen LogP contribution is -2.44. The van der Waals surface area contributed by atoms with Gasteiger partial charge in [0.15, 0.2) is 0 Å². The Balaban J connectivity index is 1.27. The zero-order valence-corrected chi connectivity index (χ0v) is 19.9. The van der Waals surface area contributed by atoms with E-state index in [0.717, 1.165) is 30.4 Å². The summed E-state index contributed by atoms with van der Waals surface area (Å²) in [4.78, 5) is 36.1. The Morgan fingerprint density at radius 1 is 1.03 bits per heavy atom. The minimum Gasteiger partial charge on any atom is -0.481 e. The van der Waals surface area contributed by atoms with Gasteiger partial charge in [0.2, 0.25) is 5.91 Å². The predicted molar refractivity (Wildman–Crippen MR) is 130 cm³/mol. The molecule has 3 N–H and O–H groups in total. The van der Waals surface area contributed by atoms with E-state index in [1.54, 1.807) is 0 Å². The highest BCUT2D eigenvalue weighted by Gasteiger charge is 2.31. The van der Waals surface area contributed by atoms with Gasteiger partial charge in [-0.25, -0.2) is 4.79 Å². The predicted octanol–water partition coefficient (Wildman–Crippen LogP) is 3.69. The zero-order chi connectivity index (χ0) is 24.8. The monoisotopic (exact) mass is 480 g/mol. The van der Waals surface area contributed by atoms with Crippen molar-refractivity contribution in [2.75, 3.05) is 20.3 Å². The Bertz CT molecular complexity index is 1030. The largest absolute Gasteiger partial charge is 0.481 e. The Kier molecular flexibility index (Phi) is 8.02. The van der Waals surface area contributed by atoms with E-state index in [4.69, 9.17) is 14.6 Å². The van der Waals surface area contributed by atoms with E-state index in [-0.39, 0.29) is 43.4 Å². The molecule has 1 fully saturated rings. The molecule has 2 aliphatic carbocycles. The highest BCUT2D eigenvalue weighted by atomic mass is 16.5. The molecule has 2 aromatic rings. The second kappa shape index (κ2) is 11.4. The number of ether oxygens (including phenoxy) is 2. The summed E-state index contributed by atoms with van der Waals surface area (Å²) < 4.78 is 10.8. The van der Waals surface area contributed by atoms with Crippen molar-refractivity contribution in [3.8, 4) is 11.1 Å². The second-order valence-electron chi connectivity index (χ2n) is 9.23. The molecule has 0 aromatic heterocycles. The smallest absolute Gasteiger partial charge is 0.407 e. The van der Waals surface area contributed by atoms with E-state index < -0.39 is 18.2 Å². The van der Waals surface area contributed by atoms with Crippen LogP contribution in [-0.2, 0) is 19.1 Å². The summed E-state index contributed by atoms with van der Waals surface area (Å²) >= 11 is 0. The van der Waals surface area contributed by atoms with Crippen molar-refractivity contribution in [2.45, 2.75) is 50.2 Å². The Hall–Kier alpha value is -3.39. The number of carboxylic acids is 1. The van der Waals surface area contributed by atoms with Crippen LogP contribution < -0.4 is 10.6 Å². The minimum absolute atomic E-state index is 0.00225. The molecule has 3 atom stereocenters. The first-order valence-corrected chi connectivity index (χ1v) is 12.1. The first-order valence-electron chi connectivity index (χ1n) is 12.1. The van der Waals surface area contributed by atoms with Crippen LogP contribution in [0.15, 0.2) is 48.5 Å². The lowest BCUT2D eigenvalue weighted by Gasteiger charge is -2.29. The standard InChI is InChI=1S/C27H32N2O6/c1-34-19(14-25(30)31)15-28-26(32)17-7-6-8-18(13-17)29-27(33)35-16-24-22-11-4-2-9-20(22)21-10-3-5-12-23(21)24/h2-5,9-12,17-19,24H,6-8,13-16H2,1H3,(H,28,32)(H,29,33)(H,30,31). The van der Waals surface area contributed by atoms with Crippen LogP contribution in [-0.4, -0.2) is 55.5 Å². The molecule has 0 aliphatic heterocycles. The molecular weight excluding hydrogens is 448 g/mol. The molecule has 0 heterocycles. The van der Waals surface area contributed by atoms with Crippen molar-refractivity contribution in [3.63, 3.8) is 0 Å². The van der Waals surface area contributed by atoms with Crippen molar-refractivity contribution < 1.29 is 29.0 Å². The molecule has 186 valence electrons. The van der Waals surface area contributed by atoms with Gasteiger partial charge in [-0.05, 0) is 41.5 Å². The van der Waals surface area contributed by atoms with E-state index in [1.165, 1.54) is 18.2 Å². The molecule has 35 heavy (non-hydrogen) atoms. The van der Waals surface area contributed by atoms with Gasteiger partial charge in [-0.15, -0.1) is 0 Å². The molecule has 0 saturated heterocycles. The molecule has 8 heteroatoms. The fourth-order valence-corrected chi connectivity index (χ4v) is 5.16. The number of aliphatic carboxylic acids is 1. The van der Waals surface area contributed by atoms with Gasteiger partial charge in [-0.3, -0.25) is 9.59 Å². The summed E-state index contributed by atoms with van der Waals surface area (Å²) in [7, 11) is 1.43. The maximum absolute atomic E-state index is 12.6. The second-order valence-corrected chi connectivity index (χ2v) is 9.23. The zero-order valence-electron chi connectivity index (χ0n) is 19.9. The number of carbonyl (C=O) groups is 3. The highest BCUT2D eigenvalue weighted by Crippen LogP contribution is 2.44. The molecule has 4 rings (SSSR count). The van der Waals surface area contributed by atoms with Crippen LogP contribution in [0.25, 0.3) is 11.1 Å². The lowest BCUT2D eigenvalue weighted by atomic mass is 9.85. The molecule has 0 radical (unpaired) electrons. The third-order valence-corrected chi connectivity index (χ3v) is 6.95. The van der Waals surface area contributed by atoms with Crippen LogP contribution in [0.5, 0.6) is 0 Å². The van der Waals surface area contributed by atoms with Gasteiger partial charge in [0, 0.05) is 31.5 Å². The molecular formula is C27H32N2O6. The van der Waals surface area contributed by atoms with Gasteiger partial charge < -0.3 is 25.2 Å². The highest BCUT2D eigenvalue weighted by molar-refractivity contribution is 5.80. The molecule has 1 saturated carbocycles. The fraction of sp³-hybridized carbons (Fsp3) is 0.444. The first-order chi connectivity index (χ1) is 17.0. The van der Waals surface area contributed by atoms with Gasteiger partial charge in [-0.2, -0.15) is 0 Å². The van der Waals surface area contributed by atoms with Gasteiger partial charge in [0.1, 0.15) is 6.61 Å². The van der Waals surface area contributed by atoms with Gasteiger partial charge in [0.05, 0.1) is 12.5 Å². The van der Waals surface area contributed by atoms with Crippen LogP contribution >= 0.6 is 0 Å². The van der Waals surface area contributed by atoms with Crippen molar-refractivity contribution in [2.24, 2.45) is 5.92 Å². The average Bonchev–Trinajstić information content (AvgIpc) is 3.18. The summed E-state index contributed by atoms with van der Waals surface area (Å²) in [6.07, 6.45) is 1.63. The van der Waals surface area contributed by atoms with E-state index in [9.17, 15) is 14.4 Å². The quantitative estimate of drug-likeness (QED) is 0.504. The third-order valence-electron chi connectivity index (χ3n) is 6.95. The topological polar surface area (TPSA) is 114 Å². The number of alkyl carbamates (subject to hydrolysis) is 1. The SMILES string of the molecule is COC(CNC(=O)C1CCCC(NC(=O)OCC2c3ccccc3-c3ccccc32)C1)CC(=O)O. The van der Waals surface area contributed by atoms with Crippen molar-refractivity contribution in [3.05, 3.63) is 59.7 Å². The molecule has 2 aromatic carbocycles. The number of rotatable bonds is 9. The molecule has 2 amide bonds. The molecule has 0 bridgehead atoms. The van der Waals surface area contributed by atoms with Crippen LogP contribution in [0.3, 0.4) is 0 Å². The van der Waals surface area contributed by atoms with E-state index in [1.807, 2.05) is 24.3 Å². The van der Waals surface area contributed by atoms with Gasteiger partial charge in [0.25, 0.3) is 0 Å². The maximum atomic E-state index is 12.6. The van der Waals surface area contributed by atoms with Crippen LogP contribution in [0.2, 0.25) is 0 Å². The summed E-state index contributed by atoms with van der Waals surface area (Å²) in [5.74, 6) is -1.37. The Morgan fingerprint density at radius 2 is 1.69 bits per heavy atom. The number of fused-ring (bicyclic) bond motifs is 3. The number of amides is 2. The number of carbonyl (C=O) groups excluding carboxylic acids is 2. The number of benzene rings is 2. The van der Waals surface area contributed by atoms with Gasteiger partial charge >= 0.3 is 12.1 Å². The number of hydrogen-bond acceptors (Lipinski definition) is 5. The van der Waals surface area contributed by atoms with E-state index >= 15 is 0 Å². The Labute approximate surface area is 205 Å². The minimum atomic E-state index is -0.976. The number of nitrogens with one attached hydrogen (secondary N) is 2. The van der Waals surface area contributed by atoms with Crippen LogP contribution in [0.4, 0.5) is 4.79 Å². The molecule has 0 spiro atoms. The first kappa shape index (κ1) is 24.7. The molecule has 3 unspecified atom stereocenters. The normalized spacial score (nSPS) is 19.8. The van der Waals surface area contributed by atoms with Crippen molar-refractivity contribution in [1.29, 1.82) is 0 Å². The molecule has 2 aliphatic rings. The van der Waals surface area contributed by atoms with E-state index in [2.05, 4.69) is 34.9 Å². The summed E-state index contributed by atoms with van der Waals surface area (Å²) in [5, 5.41) is 14.6. The fourth-order valence-electron chi connectivity index (χ4n) is 5.16. The van der Waals surface area contributed by atoms with Crippen LogP contribution in [0, 0.1) is 5.92 Å². The van der Waals surface area contributed by atoms with Crippen molar-refractivity contribution >= 4 is 18.0 Å². The maximum Gasteiger partial charge on any atom is 0.407 e. The molecule has 8 nitrogen and oxygen atoms in total. The lowest BCUT2D eigenvalue weighted by molar-refractivity contribution is -0.140. The summed E-state index contributed by atoms with van der Waals surface area (Å²) in [6.45, 7) is 0.390. The summed E-state index contributed by atoms with van der Waals surface area (Å²) in [5.41, 5.74) is 4.68. The number of carboxylic acid groups (broad SMARTS) is 1. The average molecular weight is 481 g/mol. The third kappa shape index (κ3) is 6.00. The van der Waals surface area contributed by atoms with Crippen LogP contribution in [0.1, 0.15) is 49.1 Å². The van der Waals surface area contributed by atoms with Gasteiger partial charge in [-0.1, -0.05) is 55.0 Å². The summed E-state index contributed by atoms with van der Waals surface area (Å²) in [6, 6.07) is 16.2. The number of methoxy groups -OCH3 is 1. The Morgan fingerprint density at radius 3 is 2.31 bits per heavy atom. The van der Waals surface area contributed by atoms with Crippen molar-refractivity contribution in [1.82, 2.24) is 10.6 Å². The van der Waals surface area contributed by atoms with E-state index in [0.29, 0.717) is 6.42 Å².